The lowest BCUT2D eigenvalue weighted by Crippen LogP contribution is -2.30. The molecule has 128 valence electrons. The summed E-state index contributed by atoms with van der Waals surface area (Å²) in [6, 6.07) is 6.60. The zero-order valence-corrected chi connectivity index (χ0v) is 14.0. The summed E-state index contributed by atoms with van der Waals surface area (Å²) in [4.78, 5) is 11.6. The Labute approximate surface area is 136 Å². The third kappa shape index (κ3) is 5.50. The summed E-state index contributed by atoms with van der Waals surface area (Å²) < 4.78 is 28.5. The van der Waals surface area contributed by atoms with Crippen molar-refractivity contribution in [2.45, 2.75) is 58.3 Å². The molecule has 1 saturated heterocycles. The second-order valence-electron chi connectivity index (χ2n) is 6.39. The Morgan fingerprint density at radius 3 is 2.48 bits per heavy atom. The van der Waals surface area contributed by atoms with E-state index >= 15 is 0 Å². The average Bonchev–Trinajstić information content (AvgIpc) is 3.25. The van der Waals surface area contributed by atoms with Gasteiger partial charge in [0.2, 0.25) is 5.79 Å². The molecule has 1 aromatic carbocycles. The van der Waals surface area contributed by atoms with E-state index in [-0.39, 0.29) is 17.8 Å². The molecule has 1 aliphatic heterocycles. The Kier molecular flexibility index (Phi) is 5.99. The molecule has 1 aromatic rings. The van der Waals surface area contributed by atoms with Crippen LogP contribution in [-0.2, 0) is 20.6 Å². The van der Waals surface area contributed by atoms with E-state index in [0.29, 0.717) is 6.61 Å². The average molecular weight is 324 g/mol. The molecule has 0 saturated carbocycles. The van der Waals surface area contributed by atoms with Crippen molar-refractivity contribution in [3.05, 3.63) is 35.6 Å². The second-order valence-corrected chi connectivity index (χ2v) is 6.39. The number of rotatable bonds is 8. The number of carbonyl (C=O) groups is 1. The molecular weight excluding hydrogens is 299 g/mol. The summed E-state index contributed by atoms with van der Waals surface area (Å²) >= 11 is 0. The molecule has 2 atom stereocenters. The number of carbonyl (C=O) groups excluding carboxylic acids is 1. The van der Waals surface area contributed by atoms with Gasteiger partial charge in [0, 0.05) is 5.92 Å². The first-order valence-electron chi connectivity index (χ1n) is 8.19. The summed E-state index contributed by atoms with van der Waals surface area (Å²) in [5.74, 6) is -0.891. The first-order valence-corrected chi connectivity index (χ1v) is 8.19. The van der Waals surface area contributed by atoms with Crippen LogP contribution in [0.4, 0.5) is 9.18 Å². The van der Waals surface area contributed by atoms with Crippen molar-refractivity contribution in [1.82, 2.24) is 0 Å². The van der Waals surface area contributed by atoms with Crippen molar-refractivity contribution in [3.63, 3.8) is 0 Å². The zero-order valence-electron chi connectivity index (χ0n) is 14.0. The van der Waals surface area contributed by atoms with Crippen LogP contribution in [-0.4, -0.2) is 24.7 Å². The van der Waals surface area contributed by atoms with Gasteiger partial charge in [-0.05, 0) is 50.8 Å². The molecule has 0 spiro atoms. The van der Waals surface area contributed by atoms with Crippen molar-refractivity contribution in [3.8, 4) is 0 Å². The molecule has 0 radical (unpaired) electrons. The SMILES string of the molecule is CC(C)OC(=O)OC1(C(C)CCCCc2ccc(F)cc2)CO1. The molecule has 23 heavy (non-hydrogen) atoms. The Hall–Kier alpha value is -1.62. The highest BCUT2D eigenvalue weighted by Crippen LogP contribution is 2.39. The number of epoxide rings is 1. The third-order valence-electron chi connectivity index (χ3n) is 4.03. The maximum atomic E-state index is 12.8. The molecule has 1 aliphatic rings. The van der Waals surface area contributed by atoms with Gasteiger partial charge in [0.05, 0.1) is 6.10 Å². The van der Waals surface area contributed by atoms with Gasteiger partial charge in [-0.3, -0.25) is 0 Å². The molecule has 0 N–H and O–H groups in total. The maximum Gasteiger partial charge on any atom is 0.511 e. The smallest absolute Gasteiger partial charge is 0.432 e. The van der Waals surface area contributed by atoms with Crippen LogP contribution < -0.4 is 0 Å². The number of benzene rings is 1. The lowest BCUT2D eigenvalue weighted by atomic mass is 9.96. The van der Waals surface area contributed by atoms with Gasteiger partial charge < -0.3 is 14.2 Å². The van der Waals surface area contributed by atoms with Gasteiger partial charge in [0.25, 0.3) is 0 Å². The Morgan fingerprint density at radius 2 is 1.91 bits per heavy atom. The maximum absolute atomic E-state index is 12.8. The number of unbranched alkanes of at least 4 members (excludes halogenated alkanes) is 1. The molecule has 5 heteroatoms. The largest absolute Gasteiger partial charge is 0.511 e. The van der Waals surface area contributed by atoms with E-state index < -0.39 is 11.9 Å². The van der Waals surface area contributed by atoms with Gasteiger partial charge in [-0.15, -0.1) is 0 Å². The quantitative estimate of drug-likeness (QED) is 0.402. The number of halogens is 1. The third-order valence-corrected chi connectivity index (χ3v) is 4.03. The van der Waals surface area contributed by atoms with E-state index in [9.17, 15) is 9.18 Å². The fourth-order valence-corrected chi connectivity index (χ4v) is 2.52. The molecule has 1 fully saturated rings. The van der Waals surface area contributed by atoms with Crippen LogP contribution >= 0.6 is 0 Å². The highest BCUT2D eigenvalue weighted by atomic mass is 19.1. The van der Waals surface area contributed by atoms with E-state index in [4.69, 9.17) is 14.2 Å². The van der Waals surface area contributed by atoms with Crippen molar-refractivity contribution in [2.75, 3.05) is 6.61 Å². The summed E-state index contributed by atoms with van der Waals surface area (Å²) in [5.41, 5.74) is 1.13. The van der Waals surface area contributed by atoms with Gasteiger partial charge >= 0.3 is 6.16 Å². The predicted molar refractivity (Wildman–Crippen MR) is 84.5 cm³/mol. The molecule has 2 unspecified atom stereocenters. The molecule has 0 amide bonds. The van der Waals surface area contributed by atoms with Gasteiger partial charge in [-0.1, -0.05) is 25.5 Å². The minimum Gasteiger partial charge on any atom is -0.432 e. The fourth-order valence-electron chi connectivity index (χ4n) is 2.52. The van der Waals surface area contributed by atoms with Crippen LogP contribution in [0.1, 0.15) is 45.6 Å². The van der Waals surface area contributed by atoms with Crippen LogP contribution in [0.5, 0.6) is 0 Å². The fraction of sp³-hybridized carbons (Fsp3) is 0.611. The Morgan fingerprint density at radius 1 is 1.26 bits per heavy atom. The van der Waals surface area contributed by atoms with Crippen molar-refractivity contribution < 1.29 is 23.4 Å². The lowest BCUT2D eigenvalue weighted by molar-refractivity contribution is -0.0711. The van der Waals surface area contributed by atoms with Gasteiger partial charge in [0.1, 0.15) is 12.4 Å². The highest BCUT2D eigenvalue weighted by molar-refractivity contribution is 5.61. The van der Waals surface area contributed by atoms with Crippen molar-refractivity contribution in [1.29, 1.82) is 0 Å². The van der Waals surface area contributed by atoms with E-state index in [1.54, 1.807) is 13.8 Å². The van der Waals surface area contributed by atoms with E-state index in [1.165, 1.54) is 12.1 Å². The van der Waals surface area contributed by atoms with E-state index in [1.807, 2.05) is 19.1 Å². The molecule has 0 aliphatic carbocycles. The number of hydrogen-bond acceptors (Lipinski definition) is 4. The molecule has 0 bridgehead atoms. The zero-order chi connectivity index (χ0) is 16.9. The van der Waals surface area contributed by atoms with Crippen LogP contribution in [0, 0.1) is 11.7 Å². The van der Waals surface area contributed by atoms with Crippen molar-refractivity contribution in [2.24, 2.45) is 5.92 Å². The first-order chi connectivity index (χ1) is 10.9. The van der Waals surface area contributed by atoms with Crippen LogP contribution in [0.25, 0.3) is 0 Å². The molecular formula is C18H25FO4. The topological polar surface area (TPSA) is 48.1 Å². The molecule has 2 rings (SSSR count). The lowest BCUT2D eigenvalue weighted by Gasteiger charge is -2.20. The van der Waals surface area contributed by atoms with Gasteiger partial charge in [-0.2, -0.15) is 0 Å². The summed E-state index contributed by atoms with van der Waals surface area (Å²) in [6.45, 7) is 6.01. The molecule has 0 aromatic heterocycles. The summed E-state index contributed by atoms with van der Waals surface area (Å²) in [7, 11) is 0. The van der Waals surface area contributed by atoms with E-state index in [2.05, 4.69) is 0 Å². The molecule has 1 heterocycles. The van der Waals surface area contributed by atoms with Gasteiger partial charge in [-0.25, -0.2) is 9.18 Å². The first kappa shape index (κ1) is 17.7. The number of hydrogen-bond donors (Lipinski definition) is 0. The Bertz CT molecular complexity index is 508. The van der Waals surface area contributed by atoms with Crippen LogP contribution in [0.15, 0.2) is 24.3 Å². The van der Waals surface area contributed by atoms with E-state index in [0.717, 1.165) is 31.2 Å². The highest BCUT2D eigenvalue weighted by Gasteiger charge is 2.54. The number of ether oxygens (including phenoxy) is 3. The Balaban J connectivity index is 1.69. The predicted octanol–water partition coefficient (Wildman–Crippen LogP) is 4.46. The van der Waals surface area contributed by atoms with Gasteiger partial charge in [0.15, 0.2) is 0 Å². The number of aryl methyl sites for hydroxylation is 1. The minimum absolute atomic E-state index is 0.121. The van der Waals surface area contributed by atoms with Crippen molar-refractivity contribution >= 4 is 6.16 Å². The van der Waals surface area contributed by atoms with Crippen LogP contribution in [0.3, 0.4) is 0 Å². The second kappa shape index (κ2) is 7.77. The normalized spacial score (nSPS) is 21.1. The summed E-state index contributed by atoms with van der Waals surface area (Å²) in [5, 5.41) is 0. The summed E-state index contributed by atoms with van der Waals surface area (Å²) in [6.07, 6.45) is 2.93. The standard InChI is InChI=1S/C18H25FO4/c1-13(2)22-17(20)23-18(12-21-18)14(3)6-4-5-7-15-8-10-16(19)11-9-15/h8-11,13-14H,4-7,12H2,1-3H3. The monoisotopic (exact) mass is 324 g/mol. The molecule has 4 nitrogen and oxygen atoms in total. The minimum atomic E-state index is -0.804. The van der Waals surface area contributed by atoms with Crippen LogP contribution in [0.2, 0.25) is 0 Å².